The van der Waals surface area contributed by atoms with Crippen LogP contribution in [0.25, 0.3) is 0 Å². The Morgan fingerprint density at radius 1 is 1.35 bits per heavy atom. The summed E-state index contributed by atoms with van der Waals surface area (Å²) in [6.45, 7) is -0.0877. The van der Waals surface area contributed by atoms with E-state index in [1.807, 2.05) is 22.6 Å². The van der Waals surface area contributed by atoms with Gasteiger partial charge >= 0.3 is 5.97 Å². The molecule has 0 saturated heterocycles. The fourth-order valence-electron chi connectivity index (χ4n) is 2.23. The van der Waals surface area contributed by atoms with Gasteiger partial charge in [-0.3, -0.25) is 4.79 Å². The van der Waals surface area contributed by atoms with Crippen molar-refractivity contribution in [3.05, 3.63) is 27.3 Å². The summed E-state index contributed by atoms with van der Waals surface area (Å²) in [6, 6.07) is 4.87. The van der Waals surface area contributed by atoms with Gasteiger partial charge in [0.05, 0.1) is 9.13 Å². The lowest BCUT2D eigenvalue weighted by Gasteiger charge is -2.13. The number of carbonyl (C=O) groups is 2. The minimum Gasteiger partial charge on any atom is -0.483 e. The summed E-state index contributed by atoms with van der Waals surface area (Å²) in [7, 11) is 0. The third-order valence-electron chi connectivity index (χ3n) is 3.26. The van der Waals surface area contributed by atoms with E-state index in [1.54, 1.807) is 6.07 Å². The highest BCUT2D eigenvalue weighted by Crippen LogP contribution is 2.22. The van der Waals surface area contributed by atoms with Crippen LogP contribution in [0.15, 0.2) is 18.2 Å². The van der Waals surface area contributed by atoms with Gasteiger partial charge in [0, 0.05) is 6.04 Å². The van der Waals surface area contributed by atoms with Gasteiger partial charge in [-0.25, -0.2) is 4.79 Å². The second-order valence-electron chi connectivity index (χ2n) is 4.79. The Kier molecular flexibility index (Phi) is 5.22. The van der Waals surface area contributed by atoms with Crippen molar-refractivity contribution in [2.24, 2.45) is 0 Å². The number of ether oxygens (including phenoxy) is 1. The Morgan fingerprint density at radius 2 is 2.05 bits per heavy atom. The van der Waals surface area contributed by atoms with E-state index >= 15 is 0 Å². The molecule has 1 aromatic carbocycles. The Bertz CT molecular complexity index is 512. The van der Waals surface area contributed by atoms with Crippen molar-refractivity contribution >= 4 is 34.5 Å². The second kappa shape index (κ2) is 6.92. The largest absolute Gasteiger partial charge is 0.483 e. The maximum Gasteiger partial charge on any atom is 0.335 e. The summed E-state index contributed by atoms with van der Waals surface area (Å²) >= 11 is 2.05. The molecule has 108 valence electrons. The molecule has 1 aliphatic carbocycles. The normalized spacial score (nSPS) is 15.1. The summed E-state index contributed by atoms with van der Waals surface area (Å²) < 4.78 is 6.20. The van der Waals surface area contributed by atoms with Crippen LogP contribution in [-0.2, 0) is 4.79 Å². The summed E-state index contributed by atoms with van der Waals surface area (Å²) in [5.41, 5.74) is 0.150. The molecule has 0 atom stereocenters. The van der Waals surface area contributed by atoms with Gasteiger partial charge < -0.3 is 15.2 Å². The van der Waals surface area contributed by atoms with Gasteiger partial charge in [-0.2, -0.15) is 0 Å². The minimum absolute atomic E-state index is 0.0877. The lowest BCUT2D eigenvalue weighted by atomic mass is 10.2. The Hall–Kier alpha value is -1.31. The molecular formula is C14H16INO4. The van der Waals surface area contributed by atoms with Gasteiger partial charge in [0.25, 0.3) is 5.91 Å². The van der Waals surface area contributed by atoms with Crippen molar-refractivity contribution < 1.29 is 19.4 Å². The molecule has 0 aliphatic heterocycles. The number of nitrogens with one attached hydrogen (secondary N) is 1. The molecular weight excluding hydrogens is 373 g/mol. The monoisotopic (exact) mass is 389 g/mol. The molecule has 1 saturated carbocycles. The highest BCUT2D eigenvalue weighted by molar-refractivity contribution is 14.1. The van der Waals surface area contributed by atoms with Crippen LogP contribution in [0, 0.1) is 3.57 Å². The number of amides is 1. The number of hydrogen-bond donors (Lipinski definition) is 2. The summed E-state index contributed by atoms with van der Waals surface area (Å²) in [6.07, 6.45) is 4.37. The number of carboxylic acid groups (broad SMARTS) is 1. The first-order chi connectivity index (χ1) is 9.56. The second-order valence-corrected chi connectivity index (χ2v) is 5.95. The molecule has 1 fully saturated rings. The van der Waals surface area contributed by atoms with Crippen LogP contribution in [0.3, 0.4) is 0 Å². The third kappa shape index (κ3) is 4.09. The van der Waals surface area contributed by atoms with E-state index in [1.165, 1.54) is 12.1 Å². The molecule has 6 heteroatoms. The molecule has 1 aliphatic rings. The molecule has 0 bridgehead atoms. The number of rotatable bonds is 5. The quantitative estimate of drug-likeness (QED) is 0.759. The van der Waals surface area contributed by atoms with Crippen LogP contribution < -0.4 is 10.1 Å². The van der Waals surface area contributed by atoms with Gasteiger partial charge in [0.1, 0.15) is 5.75 Å². The van der Waals surface area contributed by atoms with Crippen molar-refractivity contribution in [2.75, 3.05) is 6.61 Å². The van der Waals surface area contributed by atoms with Crippen LogP contribution in [0.4, 0.5) is 0 Å². The van der Waals surface area contributed by atoms with Crippen LogP contribution in [0.1, 0.15) is 36.0 Å². The van der Waals surface area contributed by atoms with Gasteiger partial charge in [-0.1, -0.05) is 12.8 Å². The van der Waals surface area contributed by atoms with Crippen LogP contribution >= 0.6 is 22.6 Å². The van der Waals surface area contributed by atoms with Gasteiger partial charge in [-0.05, 0) is 53.6 Å². The molecule has 1 amide bonds. The maximum atomic E-state index is 11.7. The van der Waals surface area contributed by atoms with E-state index in [-0.39, 0.29) is 24.1 Å². The Morgan fingerprint density at radius 3 is 2.70 bits per heavy atom. The fraction of sp³-hybridized carbons (Fsp3) is 0.429. The van der Waals surface area contributed by atoms with Crippen molar-refractivity contribution in [3.8, 4) is 5.75 Å². The average Bonchev–Trinajstić information content (AvgIpc) is 2.90. The Labute approximate surface area is 130 Å². The highest BCUT2D eigenvalue weighted by atomic mass is 127. The predicted molar refractivity (Wildman–Crippen MR) is 82.0 cm³/mol. The van der Waals surface area contributed by atoms with E-state index in [2.05, 4.69) is 5.32 Å². The van der Waals surface area contributed by atoms with Crippen LogP contribution in [-0.4, -0.2) is 29.6 Å². The molecule has 0 unspecified atom stereocenters. The smallest absolute Gasteiger partial charge is 0.335 e. The van der Waals surface area contributed by atoms with E-state index < -0.39 is 5.97 Å². The number of carbonyl (C=O) groups excluding carboxylic acids is 1. The molecule has 5 nitrogen and oxygen atoms in total. The lowest BCUT2D eigenvalue weighted by molar-refractivity contribution is -0.123. The average molecular weight is 389 g/mol. The number of carboxylic acids is 1. The SMILES string of the molecule is O=C(COc1cc(C(=O)O)ccc1I)NC1CCCC1. The molecule has 0 heterocycles. The van der Waals surface area contributed by atoms with E-state index in [4.69, 9.17) is 9.84 Å². The topological polar surface area (TPSA) is 75.6 Å². The van der Waals surface area contributed by atoms with Crippen LogP contribution in [0.2, 0.25) is 0 Å². The summed E-state index contributed by atoms with van der Waals surface area (Å²) in [5.74, 6) is -0.748. The lowest BCUT2D eigenvalue weighted by Crippen LogP contribution is -2.36. The first kappa shape index (κ1) is 15.1. The van der Waals surface area contributed by atoms with E-state index in [9.17, 15) is 9.59 Å². The molecule has 2 rings (SSSR count). The van der Waals surface area contributed by atoms with E-state index in [0.29, 0.717) is 5.75 Å². The molecule has 2 N–H and O–H groups in total. The standard InChI is InChI=1S/C14H16INO4/c15-11-6-5-9(14(18)19)7-12(11)20-8-13(17)16-10-3-1-2-4-10/h5-7,10H,1-4,8H2,(H,16,17)(H,18,19). The number of halogens is 1. The number of benzene rings is 1. The zero-order valence-electron chi connectivity index (χ0n) is 10.9. The summed E-state index contributed by atoms with van der Waals surface area (Å²) in [4.78, 5) is 22.6. The summed E-state index contributed by atoms with van der Waals surface area (Å²) in [5, 5.41) is 11.9. The highest BCUT2D eigenvalue weighted by Gasteiger charge is 2.17. The minimum atomic E-state index is -1.01. The van der Waals surface area contributed by atoms with E-state index in [0.717, 1.165) is 29.3 Å². The molecule has 0 spiro atoms. The molecule has 0 radical (unpaired) electrons. The van der Waals surface area contributed by atoms with Crippen LogP contribution in [0.5, 0.6) is 5.75 Å². The first-order valence-corrected chi connectivity index (χ1v) is 7.59. The molecule has 1 aromatic rings. The third-order valence-corrected chi connectivity index (χ3v) is 4.15. The van der Waals surface area contributed by atoms with Crippen molar-refractivity contribution in [2.45, 2.75) is 31.7 Å². The van der Waals surface area contributed by atoms with Gasteiger partial charge in [-0.15, -0.1) is 0 Å². The van der Waals surface area contributed by atoms with Gasteiger partial charge in [0.2, 0.25) is 0 Å². The number of aromatic carboxylic acids is 1. The predicted octanol–water partition coefficient (Wildman–Crippen LogP) is 2.43. The zero-order valence-corrected chi connectivity index (χ0v) is 13.1. The number of hydrogen-bond acceptors (Lipinski definition) is 3. The van der Waals surface area contributed by atoms with Gasteiger partial charge in [0.15, 0.2) is 6.61 Å². The van der Waals surface area contributed by atoms with Crippen molar-refractivity contribution in [3.63, 3.8) is 0 Å². The van der Waals surface area contributed by atoms with Crippen molar-refractivity contribution in [1.82, 2.24) is 5.32 Å². The fourth-order valence-corrected chi connectivity index (χ4v) is 2.72. The Balaban J connectivity index is 1.90. The molecule has 0 aromatic heterocycles. The van der Waals surface area contributed by atoms with Crippen molar-refractivity contribution in [1.29, 1.82) is 0 Å². The molecule has 20 heavy (non-hydrogen) atoms. The first-order valence-electron chi connectivity index (χ1n) is 6.51. The maximum absolute atomic E-state index is 11.7. The zero-order chi connectivity index (χ0) is 14.5.